The van der Waals surface area contributed by atoms with Crippen molar-refractivity contribution in [2.24, 2.45) is 5.92 Å². The van der Waals surface area contributed by atoms with Gasteiger partial charge in [0.1, 0.15) is 6.10 Å². The molecule has 1 aromatic carbocycles. The first kappa shape index (κ1) is 16.9. The van der Waals surface area contributed by atoms with Crippen molar-refractivity contribution in [1.82, 2.24) is 10.6 Å². The van der Waals surface area contributed by atoms with E-state index in [9.17, 15) is 9.59 Å². The van der Waals surface area contributed by atoms with Crippen LogP contribution in [0.15, 0.2) is 24.3 Å². The van der Waals surface area contributed by atoms with Gasteiger partial charge in [0.25, 0.3) is 11.8 Å². The van der Waals surface area contributed by atoms with Crippen molar-refractivity contribution in [3.8, 4) is 0 Å². The molecule has 0 aromatic heterocycles. The zero-order valence-electron chi connectivity index (χ0n) is 14.0. The molecule has 24 heavy (non-hydrogen) atoms. The van der Waals surface area contributed by atoms with E-state index in [1.54, 1.807) is 24.3 Å². The van der Waals surface area contributed by atoms with E-state index in [4.69, 9.17) is 4.74 Å². The van der Waals surface area contributed by atoms with Gasteiger partial charge in [-0.2, -0.15) is 0 Å². The van der Waals surface area contributed by atoms with Crippen LogP contribution in [0.3, 0.4) is 0 Å². The molecule has 130 valence electrons. The second kappa shape index (κ2) is 7.77. The molecule has 3 unspecified atom stereocenters. The minimum atomic E-state index is -0.377. The molecule has 1 aromatic rings. The Morgan fingerprint density at radius 2 is 2.17 bits per heavy atom. The Kier molecular flexibility index (Phi) is 5.48. The summed E-state index contributed by atoms with van der Waals surface area (Å²) in [6.07, 6.45) is 2.22. The molecule has 6 heteroatoms. The Labute approximate surface area is 142 Å². The van der Waals surface area contributed by atoms with Crippen LogP contribution in [0.2, 0.25) is 0 Å². The lowest BCUT2D eigenvalue weighted by atomic mass is 9.95. The van der Waals surface area contributed by atoms with Crippen molar-refractivity contribution in [3.05, 3.63) is 29.8 Å². The summed E-state index contributed by atoms with van der Waals surface area (Å²) in [5, 5.41) is 9.27. The van der Waals surface area contributed by atoms with E-state index < -0.39 is 0 Å². The third-order valence-corrected chi connectivity index (χ3v) is 4.72. The average molecular weight is 331 g/mol. The van der Waals surface area contributed by atoms with E-state index in [-0.39, 0.29) is 24.0 Å². The first-order chi connectivity index (χ1) is 11.6. The van der Waals surface area contributed by atoms with Crippen LogP contribution in [0.1, 0.15) is 36.5 Å². The normalized spacial score (nSPS) is 26.8. The highest BCUT2D eigenvalue weighted by molar-refractivity contribution is 5.98. The topological polar surface area (TPSA) is 79.5 Å². The maximum atomic E-state index is 12.5. The third kappa shape index (κ3) is 4.13. The molecule has 2 heterocycles. The first-order valence-corrected chi connectivity index (χ1v) is 8.67. The van der Waals surface area contributed by atoms with Gasteiger partial charge in [-0.15, -0.1) is 0 Å². The van der Waals surface area contributed by atoms with Gasteiger partial charge in [0.05, 0.1) is 0 Å². The third-order valence-electron chi connectivity index (χ3n) is 4.72. The van der Waals surface area contributed by atoms with Crippen LogP contribution < -0.4 is 16.0 Å². The van der Waals surface area contributed by atoms with Crippen molar-refractivity contribution in [1.29, 1.82) is 0 Å². The smallest absolute Gasteiger partial charge is 0.253 e. The summed E-state index contributed by atoms with van der Waals surface area (Å²) >= 11 is 0. The lowest BCUT2D eigenvalue weighted by Crippen LogP contribution is -2.48. The van der Waals surface area contributed by atoms with Crippen molar-refractivity contribution in [3.63, 3.8) is 0 Å². The highest BCUT2D eigenvalue weighted by Gasteiger charge is 2.25. The Hall–Kier alpha value is -1.92. The molecule has 0 radical (unpaired) electrons. The molecule has 3 atom stereocenters. The summed E-state index contributed by atoms with van der Waals surface area (Å²) in [6, 6.07) is 7.24. The van der Waals surface area contributed by atoms with Crippen LogP contribution in [0.5, 0.6) is 0 Å². The fraction of sp³-hybridized carbons (Fsp3) is 0.556. The molecule has 2 fully saturated rings. The van der Waals surface area contributed by atoms with Gasteiger partial charge in [0, 0.05) is 23.9 Å². The van der Waals surface area contributed by atoms with Gasteiger partial charge in [-0.05, 0) is 56.5 Å². The standard InChI is InChI=1S/C18H25N3O3/c1-12-11-19-8-7-15(12)21-17(22)13-4-2-5-14(10-13)20-18(23)16-6-3-9-24-16/h2,4-5,10,12,15-16,19H,3,6-9,11H2,1H3,(H,20,23)(H,21,22). The van der Waals surface area contributed by atoms with E-state index in [2.05, 4.69) is 22.9 Å². The fourth-order valence-corrected chi connectivity index (χ4v) is 3.23. The maximum Gasteiger partial charge on any atom is 0.253 e. The van der Waals surface area contributed by atoms with Gasteiger partial charge in [0.15, 0.2) is 0 Å². The molecule has 2 saturated heterocycles. The van der Waals surface area contributed by atoms with Gasteiger partial charge in [0.2, 0.25) is 0 Å². The van der Waals surface area contributed by atoms with E-state index in [1.165, 1.54) is 0 Å². The zero-order valence-corrected chi connectivity index (χ0v) is 14.0. The van der Waals surface area contributed by atoms with Gasteiger partial charge < -0.3 is 20.7 Å². The summed E-state index contributed by atoms with van der Waals surface area (Å²) in [5.74, 6) is 0.170. The van der Waals surface area contributed by atoms with Crippen molar-refractivity contribution in [2.45, 2.75) is 38.3 Å². The summed E-state index contributed by atoms with van der Waals surface area (Å²) in [4.78, 5) is 24.6. The highest BCUT2D eigenvalue weighted by Crippen LogP contribution is 2.17. The minimum absolute atomic E-state index is 0.0954. The fourth-order valence-electron chi connectivity index (χ4n) is 3.23. The van der Waals surface area contributed by atoms with Gasteiger partial charge in [-0.25, -0.2) is 0 Å². The summed E-state index contributed by atoms with van der Waals surface area (Å²) in [6.45, 7) is 4.61. The predicted molar refractivity (Wildman–Crippen MR) is 92.0 cm³/mol. The number of hydrogen-bond donors (Lipinski definition) is 3. The molecule has 0 aliphatic carbocycles. The number of benzene rings is 1. The van der Waals surface area contributed by atoms with Crippen LogP contribution >= 0.6 is 0 Å². The quantitative estimate of drug-likeness (QED) is 0.782. The Morgan fingerprint density at radius 1 is 1.29 bits per heavy atom. The molecule has 3 N–H and O–H groups in total. The van der Waals surface area contributed by atoms with Crippen molar-refractivity contribution in [2.75, 3.05) is 25.0 Å². The molecule has 6 nitrogen and oxygen atoms in total. The van der Waals surface area contributed by atoms with Crippen LogP contribution in [0.25, 0.3) is 0 Å². The molecular formula is C18H25N3O3. The number of rotatable bonds is 4. The Balaban J connectivity index is 1.61. The van der Waals surface area contributed by atoms with Crippen LogP contribution in [0, 0.1) is 5.92 Å². The molecular weight excluding hydrogens is 306 g/mol. The van der Waals surface area contributed by atoms with Crippen molar-refractivity contribution >= 4 is 17.5 Å². The number of carbonyl (C=O) groups is 2. The summed E-state index contributed by atoms with van der Waals surface area (Å²) in [5.41, 5.74) is 1.19. The average Bonchev–Trinajstić information content (AvgIpc) is 3.12. The number of piperidine rings is 1. The molecule has 0 bridgehead atoms. The second-order valence-electron chi connectivity index (χ2n) is 6.62. The number of ether oxygens (including phenoxy) is 1. The number of nitrogens with one attached hydrogen (secondary N) is 3. The van der Waals surface area contributed by atoms with E-state index in [1.807, 2.05) is 0 Å². The lowest BCUT2D eigenvalue weighted by Gasteiger charge is -2.30. The number of carbonyl (C=O) groups excluding carboxylic acids is 2. The van der Waals surface area contributed by atoms with E-state index in [0.717, 1.165) is 32.4 Å². The molecule has 3 rings (SSSR count). The molecule has 2 aliphatic rings. The Morgan fingerprint density at radius 3 is 2.92 bits per heavy atom. The van der Waals surface area contributed by atoms with Gasteiger partial charge in [-0.1, -0.05) is 13.0 Å². The highest BCUT2D eigenvalue weighted by atomic mass is 16.5. The SMILES string of the molecule is CC1CNCCC1NC(=O)c1cccc(NC(=O)C2CCCO2)c1. The van der Waals surface area contributed by atoms with Gasteiger partial charge >= 0.3 is 0 Å². The van der Waals surface area contributed by atoms with Crippen LogP contribution in [-0.4, -0.2) is 43.7 Å². The number of anilines is 1. The number of amides is 2. The molecule has 2 amide bonds. The zero-order chi connectivity index (χ0) is 16.9. The first-order valence-electron chi connectivity index (χ1n) is 8.67. The second-order valence-corrected chi connectivity index (χ2v) is 6.62. The van der Waals surface area contributed by atoms with Crippen LogP contribution in [0.4, 0.5) is 5.69 Å². The van der Waals surface area contributed by atoms with Crippen LogP contribution in [-0.2, 0) is 9.53 Å². The molecule has 0 saturated carbocycles. The monoisotopic (exact) mass is 331 g/mol. The minimum Gasteiger partial charge on any atom is -0.368 e. The Bertz CT molecular complexity index is 599. The predicted octanol–water partition coefficient (Wildman–Crippen LogP) is 1.53. The summed E-state index contributed by atoms with van der Waals surface area (Å²) in [7, 11) is 0. The largest absolute Gasteiger partial charge is 0.368 e. The molecule has 2 aliphatic heterocycles. The number of hydrogen-bond acceptors (Lipinski definition) is 4. The van der Waals surface area contributed by atoms with Crippen molar-refractivity contribution < 1.29 is 14.3 Å². The van der Waals surface area contributed by atoms with Gasteiger partial charge in [-0.3, -0.25) is 9.59 Å². The molecule has 0 spiro atoms. The van der Waals surface area contributed by atoms with E-state index in [0.29, 0.717) is 23.8 Å². The lowest BCUT2D eigenvalue weighted by molar-refractivity contribution is -0.124. The summed E-state index contributed by atoms with van der Waals surface area (Å²) < 4.78 is 5.38. The maximum absolute atomic E-state index is 12.5. The van der Waals surface area contributed by atoms with E-state index >= 15 is 0 Å².